The van der Waals surface area contributed by atoms with Crippen LogP contribution in [0.3, 0.4) is 0 Å². The minimum absolute atomic E-state index is 0.309. The van der Waals surface area contributed by atoms with E-state index >= 15 is 0 Å². The number of quaternary nitrogens is 1. The molecule has 2 aromatic carbocycles. The number of nitrogens with zero attached hydrogens (tertiary/aromatic N) is 1. The lowest BCUT2D eigenvalue weighted by Gasteiger charge is -2.60. The van der Waals surface area contributed by atoms with Gasteiger partial charge in [0.05, 0.1) is 12.5 Å². The lowest BCUT2D eigenvalue weighted by atomic mass is 9.77. The SMILES string of the molecule is CCCCC1(Cl)C(c2ccccc2)CCC[N+]12NCCCC2c1ccccc1. The molecule has 0 aromatic heterocycles. The summed E-state index contributed by atoms with van der Waals surface area (Å²) >= 11 is 7.84. The van der Waals surface area contributed by atoms with Gasteiger partial charge < -0.3 is 0 Å². The van der Waals surface area contributed by atoms with Crippen molar-refractivity contribution < 1.29 is 4.59 Å². The Morgan fingerprint density at radius 1 is 0.964 bits per heavy atom. The number of benzene rings is 2. The molecule has 0 aliphatic carbocycles. The molecule has 0 radical (unpaired) electrons. The Balaban J connectivity index is 1.81. The fourth-order valence-electron chi connectivity index (χ4n) is 5.76. The summed E-state index contributed by atoms with van der Waals surface area (Å²) in [6.07, 6.45) is 8.25. The van der Waals surface area contributed by atoms with Gasteiger partial charge in [0.2, 0.25) is 0 Å². The quantitative estimate of drug-likeness (QED) is 0.343. The molecule has 1 N–H and O–H groups in total. The zero-order valence-corrected chi connectivity index (χ0v) is 17.9. The molecule has 3 heteroatoms. The smallest absolute Gasteiger partial charge is 0.199 e. The Kier molecular flexibility index (Phi) is 6.10. The predicted octanol–water partition coefficient (Wildman–Crippen LogP) is 6.55. The number of hydrogen-bond donors (Lipinski definition) is 1. The van der Waals surface area contributed by atoms with Gasteiger partial charge in [-0.2, -0.15) is 5.43 Å². The number of nitrogens with one attached hydrogen (secondary N) is 1. The summed E-state index contributed by atoms with van der Waals surface area (Å²) in [5.74, 6) is 0.382. The number of piperidine rings is 1. The van der Waals surface area contributed by atoms with Crippen molar-refractivity contribution in [3.05, 3.63) is 71.8 Å². The first-order chi connectivity index (χ1) is 13.7. The van der Waals surface area contributed by atoms with Gasteiger partial charge in [0.15, 0.2) is 5.00 Å². The van der Waals surface area contributed by atoms with Crippen molar-refractivity contribution in [1.82, 2.24) is 5.43 Å². The van der Waals surface area contributed by atoms with Crippen LogP contribution in [0, 0.1) is 0 Å². The van der Waals surface area contributed by atoms with Crippen molar-refractivity contribution in [2.24, 2.45) is 0 Å². The topological polar surface area (TPSA) is 12.0 Å². The van der Waals surface area contributed by atoms with Gasteiger partial charge in [0.1, 0.15) is 6.04 Å². The van der Waals surface area contributed by atoms with Crippen LogP contribution < -0.4 is 5.43 Å². The number of halogens is 1. The Hall–Kier alpha value is -1.35. The van der Waals surface area contributed by atoms with Gasteiger partial charge in [-0.25, -0.2) is 4.59 Å². The largest absolute Gasteiger partial charge is 0.222 e. The Morgan fingerprint density at radius 3 is 2.32 bits per heavy atom. The van der Waals surface area contributed by atoms with E-state index in [1.54, 1.807) is 0 Å². The molecule has 1 spiro atoms. The molecule has 0 amide bonds. The fourth-order valence-corrected chi connectivity index (χ4v) is 6.39. The lowest BCUT2D eigenvalue weighted by molar-refractivity contribution is -1.04. The fraction of sp³-hybridized carbons (Fsp3) is 0.520. The molecule has 0 saturated carbocycles. The highest BCUT2D eigenvalue weighted by Gasteiger charge is 2.61. The minimum Gasteiger partial charge on any atom is -0.222 e. The zero-order valence-electron chi connectivity index (χ0n) is 17.1. The van der Waals surface area contributed by atoms with E-state index in [0.29, 0.717) is 12.0 Å². The van der Waals surface area contributed by atoms with E-state index in [1.807, 2.05) is 0 Å². The van der Waals surface area contributed by atoms with Crippen molar-refractivity contribution in [2.45, 2.75) is 68.8 Å². The highest BCUT2D eigenvalue weighted by molar-refractivity contribution is 6.23. The summed E-state index contributed by atoms with van der Waals surface area (Å²) in [5, 5.41) is 0. The van der Waals surface area contributed by atoms with Gasteiger partial charge in [0, 0.05) is 24.9 Å². The Labute approximate surface area is 175 Å². The molecule has 0 bridgehead atoms. The summed E-state index contributed by atoms with van der Waals surface area (Å²) in [7, 11) is 0. The average Bonchev–Trinajstić information content (AvgIpc) is 2.76. The van der Waals surface area contributed by atoms with Crippen molar-refractivity contribution in [3.8, 4) is 0 Å². The van der Waals surface area contributed by atoms with E-state index < -0.39 is 0 Å². The maximum atomic E-state index is 7.84. The first kappa shape index (κ1) is 19.9. The zero-order chi connectivity index (χ0) is 19.5. The van der Waals surface area contributed by atoms with Crippen LogP contribution >= 0.6 is 11.6 Å². The van der Waals surface area contributed by atoms with E-state index in [0.717, 1.165) is 24.1 Å². The maximum absolute atomic E-state index is 7.84. The van der Waals surface area contributed by atoms with Crippen molar-refractivity contribution >= 4 is 11.6 Å². The molecule has 28 heavy (non-hydrogen) atoms. The van der Waals surface area contributed by atoms with Crippen LogP contribution in [-0.2, 0) is 0 Å². The number of hydrogen-bond acceptors (Lipinski definition) is 1. The monoisotopic (exact) mass is 397 g/mol. The molecule has 2 aliphatic rings. The summed E-state index contributed by atoms with van der Waals surface area (Å²) in [4.78, 5) is -0.309. The van der Waals surface area contributed by atoms with Crippen LogP contribution in [0.25, 0.3) is 0 Å². The molecule has 150 valence electrons. The minimum atomic E-state index is -0.309. The molecule has 2 nitrogen and oxygen atoms in total. The molecule has 2 saturated heterocycles. The van der Waals surface area contributed by atoms with E-state index in [2.05, 4.69) is 73.0 Å². The van der Waals surface area contributed by atoms with Crippen LogP contribution in [0.2, 0.25) is 0 Å². The van der Waals surface area contributed by atoms with E-state index in [-0.39, 0.29) is 5.00 Å². The Morgan fingerprint density at radius 2 is 1.64 bits per heavy atom. The van der Waals surface area contributed by atoms with E-state index in [1.165, 1.54) is 49.7 Å². The normalized spacial score (nSPS) is 33.1. The summed E-state index contributed by atoms with van der Waals surface area (Å²) in [6, 6.07) is 22.6. The maximum Gasteiger partial charge on any atom is 0.199 e. The second-order valence-corrected chi connectivity index (χ2v) is 9.25. The second kappa shape index (κ2) is 8.57. The molecule has 4 rings (SSSR count). The van der Waals surface area contributed by atoms with Crippen LogP contribution in [0.1, 0.15) is 75.0 Å². The number of unbranched alkanes of at least 4 members (excludes halogenated alkanes) is 1. The third-order valence-corrected chi connectivity index (χ3v) is 7.80. The van der Waals surface area contributed by atoms with Crippen molar-refractivity contribution in [2.75, 3.05) is 13.1 Å². The third kappa shape index (κ3) is 3.40. The molecule has 4 atom stereocenters. The Bertz CT molecular complexity index is 746. The molecule has 2 heterocycles. The number of rotatable bonds is 5. The summed E-state index contributed by atoms with van der Waals surface area (Å²) in [5.41, 5.74) is 6.83. The number of alkyl halides is 1. The molecular formula is C25H34ClN2+. The molecule has 2 aromatic rings. The van der Waals surface area contributed by atoms with Crippen LogP contribution in [0.15, 0.2) is 60.7 Å². The van der Waals surface area contributed by atoms with Crippen LogP contribution in [0.4, 0.5) is 0 Å². The van der Waals surface area contributed by atoms with Gasteiger partial charge in [-0.05, 0) is 31.2 Å². The molecular weight excluding hydrogens is 364 g/mol. The average molecular weight is 398 g/mol. The highest BCUT2D eigenvalue weighted by Crippen LogP contribution is 2.55. The lowest BCUT2D eigenvalue weighted by Crippen LogP contribution is -2.75. The summed E-state index contributed by atoms with van der Waals surface area (Å²) < 4.78 is 0.845. The van der Waals surface area contributed by atoms with Gasteiger partial charge in [-0.3, -0.25) is 0 Å². The standard InChI is InChI=1S/C25H34ClN2/c1-2-3-18-25(26)23(21-12-6-4-7-13-21)16-11-20-28(25)24(17-10-19-27-28)22-14-8-5-9-15-22/h4-9,12-15,23-24,27H,2-3,10-11,16-20H2,1H3/q+1. The molecule has 2 aliphatic heterocycles. The van der Waals surface area contributed by atoms with Gasteiger partial charge in [-0.15, -0.1) is 0 Å². The van der Waals surface area contributed by atoms with Crippen molar-refractivity contribution in [1.29, 1.82) is 0 Å². The molecule has 2 fully saturated rings. The second-order valence-electron chi connectivity index (χ2n) is 8.60. The predicted molar refractivity (Wildman–Crippen MR) is 118 cm³/mol. The molecule has 4 unspecified atom stereocenters. The first-order valence-electron chi connectivity index (χ1n) is 11.1. The van der Waals surface area contributed by atoms with Crippen LogP contribution in [0.5, 0.6) is 0 Å². The third-order valence-electron chi connectivity index (χ3n) is 7.05. The van der Waals surface area contributed by atoms with Gasteiger partial charge in [-0.1, -0.05) is 85.6 Å². The van der Waals surface area contributed by atoms with E-state index in [4.69, 9.17) is 11.6 Å². The van der Waals surface area contributed by atoms with Gasteiger partial charge >= 0.3 is 0 Å². The van der Waals surface area contributed by atoms with E-state index in [9.17, 15) is 0 Å². The van der Waals surface area contributed by atoms with Crippen LogP contribution in [-0.4, -0.2) is 22.7 Å². The van der Waals surface area contributed by atoms with Gasteiger partial charge in [0.25, 0.3) is 0 Å². The summed E-state index contributed by atoms with van der Waals surface area (Å²) in [6.45, 7) is 4.46. The van der Waals surface area contributed by atoms with Crippen molar-refractivity contribution in [3.63, 3.8) is 0 Å². The highest BCUT2D eigenvalue weighted by atomic mass is 35.5. The first-order valence-corrected chi connectivity index (χ1v) is 11.5.